The Kier molecular flexibility index (Phi) is 7.53. The molecule has 7 nitrogen and oxygen atoms in total. The third-order valence-electron chi connectivity index (χ3n) is 4.21. The Morgan fingerprint density at radius 1 is 1.30 bits per heavy atom. The second-order valence-electron chi connectivity index (χ2n) is 6.52. The van der Waals surface area contributed by atoms with Gasteiger partial charge in [0, 0.05) is 16.2 Å². The molecule has 1 atom stereocenters. The van der Waals surface area contributed by atoms with Crippen molar-refractivity contribution in [1.82, 2.24) is 5.32 Å². The van der Waals surface area contributed by atoms with E-state index in [-0.39, 0.29) is 12.3 Å². The van der Waals surface area contributed by atoms with Crippen LogP contribution in [0.2, 0.25) is 0 Å². The number of amidine groups is 1. The Balaban J connectivity index is 1.66. The minimum absolute atomic E-state index is 0.250. The number of carboxylic acids is 1. The molecule has 1 aliphatic rings. The molecule has 0 aliphatic carbocycles. The number of amides is 1. The van der Waals surface area contributed by atoms with Gasteiger partial charge in [-0.1, -0.05) is 29.5 Å². The third kappa shape index (κ3) is 6.11. The average Bonchev–Trinajstić information content (AvgIpc) is 3.06. The van der Waals surface area contributed by atoms with Crippen LogP contribution in [0, 0.1) is 6.92 Å². The molecule has 2 aromatic rings. The Morgan fingerprint density at radius 3 is 2.77 bits per heavy atom. The van der Waals surface area contributed by atoms with Crippen molar-refractivity contribution in [3.8, 4) is 5.75 Å². The second-order valence-corrected chi connectivity index (χ2v) is 8.76. The molecule has 1 aliphatic heterocycles. The predicted molar refractivity (Wildman–Crippen MR) is 121 cm³/mol. The molecule has 156 valence electrons. The number of carbonyl (C=O) groups is 2. The molecule has 0 radical (unpaired) electrons. The first kappa shape index (κ1) is 21.9. The molecule has 1 saturated heterocycles. The zero-order valence-corrected chi connectivity index (χ0v) is 18.1. The normalized spacial score (nSPS) is 17.5. The van der Waals surface area contributed by atoms with Crippen molar-refractivity contribution in [1.29, 1.82) is 0 Å². The minimum atomic E-state index is -1.03. The molecule has 30 heavy (non-hydrogen) atoms. The summed E-state index contributed by atoms with van der Waals surface area (Å²) in [5.74, 6) is 0.150. The van der Waals surface area contributed by atoms with Crippen LogP contribution in [0.5, 0.6) is 5.75 Å². The molecule has 9 heteroatoms. The number of methoxy groups -OCH3 is 1. The highest BCUT2D eigenvalue weighted by Crippen LogP contribution is 2.29. The van der Waals surface area contributed by atoms with Crippen LogP contribution in [0.25, 0.3) is 0 Å². The van der Waals surface area contributed by atoms with Crippen LogP contribution < -0.4 is 10.1 Å². The number of carbonyl (C=O) groups excluding carboxylic acids is 1. The summed E-state index contributed by atoms with van der Waals surface area (Å²) in [5.41, 5.74) is 3.10. The highest BCUT2D eigenvalue weighted by molar-refractivity contribution is 8.15. The number of aliphatic carboxylic acids is 1. The first-order chi connectivity index (χ1) is 14.4. The number of hydrogen-bond donors (Lipinski definition) is 2. The lowest BCUT2D eigenvalue weighted by atomic mass is 10.1. The number of ether oxygens (including phenoxy) is 1. The Hall–Kier alpha value is -2.78. The Morgan fingerprint density at radius 2 is 2.07 bits per heavy atom. The molecule has 0 spiro atoms. The Bertz CT molecular complexity index is 990. The van der Waals surface area contributed by atoms with Gasteiger partial charge in [-0.3, -0.25) is 9.59 Å². The molecule has 0 aromatic heterocycles. The van der Waals surface area contributed by atoms with Crippen LogP contribution in [-0.2, 0) is 15.3 Å². The molecule has 1 fully saturated rings. The number of nitrogens with zero attached hydrogens (tertiary/aromatic N) is 2. The number of rotatable bonds is 8. The quantitative estimate of drug-likeness (QED) is 0.367. The first-order valence-corrected chi connectivity index (χ1v) is 11.0. The molecule has 0 saturated carbocycles. The van der Waals surface area contributed by atoms with Gasteiger partial charge in [0.15, 0.2) is 5.17 Å². The van der Waals surface area contributed by atoms with Crippen molar-refractivity contribution in [2.75, 3.05) is 7.11 Å². The van der Waals surface area contributed by atoms with Gasteiger partial charge in [-0.15, -0.1) is 16.9 Å². The number of benzene rings is 2. The van der Waals surface area contributed by atoms with Crippen LogP contribution in [-0.4, -0.2) is 40.7 Å². The number of thioether (sulfide) groups is 2. The van der Waals surface area contributed by atoms with Crippen molar-refractivity contribution in [3.63, 3.8) is 0 Å². The van der Waals surface area contributed by atoms with E-state index >= 15 is 0 Å². The van der Waals surface area contributed by atoms with E-state index in [2.05, 4.69) is 46.7 Å². The summed E-state index contributed by atoms with van der Waals surface area (Å²) in [4.78, 5) is 23.7. The summed E-state index contributed by atoms with van der Waals surface area (Å²) >= 11 is 2.79. The van der Waals surface area contributed by atoms with Gasteiger partial charge in [0.05, 0.1) is 19.7 Å². The van der Waals surface area contributed by atoms with E-state index < -0.39 is 11.2 Å². The number of hydrogen-bond acceptors (Lipinski definition) is 7. The molecule has 1 amide bonds. The van der Waals surface area contributed by atoms with Crippen molar-refractivity contribution >= 4 is 46.8 Å². The van der Waals surface area contributed by atoms with E-state index in [1.807, 2.05) is 18.2 Å². The van der Waals surface area contributed by atoms with Gasteiger partial charge in [0.25, 0.3) is 0 Å². The highest BCUT2D eigenvalue weighted by Gasteiger charge is 2.32. The van der Waals surface area contributed by atoms with Crippen molar-refractivity contribution < 1.29 is 19.4 Å². The summed E-state index contributed by atoms with van der Waals surface area (Å²) in [6.07, 6.45) is 1.34. The van der Waals surface area contributed by atoms with E-state index in [0.29, 0.717) is 5.17 Å². The lowest BCUT2D eigenvalue weighted by Crippen LogP contribution is -2.26. The number of carboxylic acid groups (broad SMARTS) is 1. The summed E-state index contributed by atoms with van der Waals surface area (Å²) in [6.45, 7) is 2.06. The molecule has 0 bridgehead atoms. The van der Waals surface area contributed by atoms with Crippen molar-refractivity contribution in [2.45, 2.75) is 29.2 Å². The summed E-state index contributed by atoms with van der Waals surface area (Å²) in [7, 11) is 1.64. The van der Waals surface area contributed by atoms with E-state index in [9.17, 15) is 9.59 Å². The van der Waals surface area contributed by atoms with Gasteiger partial charge in [-0.05, 0) is 42.8 Å². The van der Waals surface area contributed by atoms with Crippen LogP contribution in [0.4, 0.5) is 0 Å². The second kappa shape index (κ2) is 10.3. The average molecular weight is 444 g/mol. The number of aryl methyl sites for hydroxylation is 1. The largest absolute Gasteiger partial charge is 0.496 e. The van der Waals surface area contributed by atoms with Gasteiger partial charge in [-0.2, -0.15) is 5.10 Å². The summed E-state index contributed by atoms with van der Waals surface area (Å²) < 4.78 is 5.46. The van der Waals surface area contributed by atoms with Crippen LogP contribution in [0.15, 0.2) is 57.6 Å². The maximum absolute atomic E-state index is 11.7. The predicted octanol–water partition coefficient (Wildman–Crippen LogP) is 3.69. The fourth-order valence-corrected chi connectivity index (χ4v) is 4.47. The van der Waals surface area contributed by atoms with Gasteiger partial charge >= 0.3 is 5.97 Å². The standard InChI is InChI=1S/C21H21N3O4S2/c1-13-3-6-16(7-4-13)29-12-15-9-14(5-8-17(15)28-2)11-22-24-21-23-20(27)18(30-21)10-19(25)26/h3-9,11,18H,10,12H2,1-2H3,(H,25,26)(H,23,24,27). The zero-order chi connectivity index (χ0) is 21.5. The maximum Gasteiger partial charge on any atom is 0.305 e. The summed E-state index contributed by atoms with van der Waals surface area (Å²) in [5, 5.41) is 19.0. The van der Waals surface area contributed by atoms with Gasteiger partial charge < -0.3 is 15.2 Å². The topological polar surface area (TPSA) is 100 Å². The van der Waals surface area contributed by atoms with Crippen LogP contribution in [0.3, 0.4) is 0 Å². The van der Waals surface area contributed by atoms with Crippen LogP contribution >= 0.6 is 23.5 Å². The van der Waals surface area contributed by atoms with Gasteiger partial charge in [0.1, 0.15) is 11.0 Å². The van der Waals surface area contributed by atoms with E-state index in [0.717, 1.165) is 34.4 Å². The van der Waals surface area contributed by atoms with E-state index in [1.54, 1.807) is 25.1 Å². The fraction of sp³-hybridized carbons (Fsp3) is 0.238. The van der Waals surface area contributed by atoms with Crippen LogP contribution in [0.1, 0.15) is 23.1 Å². The molecule has 1 unspecified atom stereocenters. The zero-order valence-electron chi connectivity index (χ0n) is 16.5. The minimum Gasteiger partial charge on any atom is -0.496 e. The Labute approximate surface area is 183 Å². The van der Waals surface area contributed by atoms with Gasteiger partial charge in [-0.25, -0.2) is 0 Å². The first-order valence-electron chi connectivity index (χ1n) is 9.11. The van der Waals surface area contributed by atoms with E-state index in [4.69, 9.17) is 9.84 Å². The number of nitrogens with one attached hydrogen (secondary N) is 1. The lowest BCUT2D eigenvalue weighted by Gasteiger charge is -2.09. The molecular formula is C21H21N3O4S2. The highest BCUT2D eigenvalue weighted by atomic mass is 32.2. The molecule has 3 rings (SSSR count). The fourth-order valence-electron chi connectivity index (χ4n) is 2.68. The molecule has 2 aromatic carbocycles. The van der Waals surface area contributed by atoms with E-state index in [1.165, 1.54) is 10.5 Å². The van der Waals surface area contributed by atoms with Crippen molar-refractivity contribution in [3.05, 3.63) is 59.2 Å². The molecule has 2 N–H and O–H groups in total. The van der Waals surface area contributed by atoms with Gasteiger partial charge in [0.2, 0.25) is 5.91 Å². The molecule has 1 heterocycles. The van der Waals surface area contributed by atoms with Crippen molar-refractivity contribution in [2.24, 2.45) is 10.2 Å². The summed E-state index contributed by atoms with van der Waals surface area (Å²) in [6, 6.07) is 14.1. The monoisotopic (exact) mass is 443 g/mol. The maximum atomic E-state index is 11.7. The third-order valence-corrected chi connectivity index (χ3v) is 6.34. The smallest absolute Gasteiger partial charge is 0.305 e. The SMILES string of the molecule is COc1ccc(C=NN=C2NC(=O)C(CC(=O)O)S2)cc1CSc1ccc(C)cc1. The lowest BCUT2D eigenvalue weighted by molar-refractivity contribution is -0.138. The molecular weight excluding hydrogens is 422 g/mol.